The molecule has 2 heteroatoms. The van der Waals surface area contributed by atoms with Gasteiger partial charge in [0.2, 0.25) is 0 Å². The molecule has 1 saturated carbocycles. The van der Waals surface area contributed by atoms with Crippen molar-refractivity contribution in [1.29, 1.82) is 0 Å². The first-order chi connectivity index (χ1) is 3.52. The summed E-state index contributed by atoms with van der Waals surface area (Å²) < 4.78 is -0.519. The molecule has 8 heavy (non-hydrogen) atoms. The summed E-state index contributed by atoms with van der Waals surface area (Å²) in [6.45, 7) is 5.62. The van der Waals surface area contributed by atoms with Gasteiger partial charge in [-0.2, -0.15) is 0 Å². The van der Waals surface area contributed by atoms with E-state index in [4.69, 9.17) is 23.2 Å². The van der Waals surface area contributed by atoms with Gasteiger partial charge in [-0.1, -0.05) is 13.0 Å². The molecule has 0 N–H and O–H groups in total. The molecule has 0 radical (unpaired) electrons. The third-order valence-corrected chi connectivity index (χ3v) is 2.88. The predicted molar refractivity (Wildman–Crippen MR) is 37.4 cm³/mol. The quantitative estimate of drug-likeness (QED) is 0.399. The first kappa shape index (κ1) is 6.44. The maximum absolute atomic E-state index is 5.74. The second-order valence-corrected chi connectivity index (χ2v) is 3.99. The molecule has 1 aliphatic rings. The molecular weight excluding hydrogens is 143 g/mol. The molecule has 0 aromatic heterocycles. The van der Waals surface area contributed by atoms with Crippen LogP contribution in [0.5, 0.6) is 0 Å². The molecular formula is C6H8Cl2. The average Bonchev–Trinajstić information content (AvgIpc) is 2.10. The van der Waals surface area contributed by atoms with Crippen molar-refractivity contribution in [2.24, 2.45) is 5.41 Å². The number of hydrogen-bond acceptors (Lipinski definition) is 0. The van der Waals surface area contributed by atoms with E-state index in [2.05, 4.69) is 6.58 Å². The van der Waals surface area contributed by atoms with Gasteiger partial charge in [-0.3, -0.25) is 0 Å². The van der Waals surface area contributed by atoms with Gasteiger partial charge < -0.3 is 0 Å². The van der Waals surface area contributed by atoms with Gasteiger partial charge in [0.25, 0.3) is 0 Å². The summed E-state index contributed by atoms with van der Waals surface area (Å²) in [5.74, 6) is 0. The Labute approximate surface area is 59.5 Å². The van der Waals surface area contributed by atoms with Crippen LogP contribution in [0, 0.1) is 5.41 Å². The molecule has 46 valence electrons. The molecule has 1 unspecified atom stereocenters. The van der Waals surface area contributed by atoms with Gasteiger partial charge in [0.1, 0.15) is 4.33 Å². The van der Waals surface area contributed by atoms with E-state index in [0.29, 0.717) is 0 Å². The monoisotopic (exact) mass is 150 g/mol. The fourth-order valence-corrected chi connectivity index (χ4v) is 1.35. The average molecular weight is 151 g/mol. The third kappa shape index (κ3) is 0.672. The lowest BCUT2D eigenvalue weighted by molar-refractivity contribution is 0.736. The molecule has 0 saturated heterocycles. The Balaban J connectivity index is 2.68. The fraction of sp³-hybridized carbons (Fsp3) is 0.667. The van der Waals surface area contributed by atoms with Crippen molar-refractivity contribution >= 4 is 23.2 Å². The van der Waals surface area contributed by atoms with Gasteiger partial charge in [0.05, 0.1) is 0 Å². The molecule has 1 atom stereocenters. The third-order valence-electron chi connectivity index (χ3n) is 1.75. The molecule has 0 nitrogen and oxygen atoms in total. The Morgan fingerprint density at radius 1 is 1.62 bits per heavy atom. The van der Waals surface area contributed by atoms with E-state index in [1.54, 1.807) is 0 Å². The van der Waals surface area contributed by atoms with Gasteiger partial charge in [0, 0.05) is 5.41 Å². The van der Waals surface area contributed by atoms with E-state index in [1.807, 2.05) is 13.0 Å². The molecule has 1 aliphatic carbocycles. The van der Waals surface area contributed by atoms with Crippen LogP contribution in [0.25, 0.3) is 0 Å². The molecule has 0 spiro atoms. The minimum atomic E-state index is -0.519. The Morgan fingerprint density at radius 2 is 2.00 bits per heavy atom. The minimum absolute atomic E-state index is 0.0177. The van der Waals surface area contributed by atoms with Crippen LogP contribution < -0.4 is 0 Å². The van der Waals surface area contributed by atoms with E-state index in [1.165, 1.54) is 0 Å². The molecule has 0 aromatic rings. The van der Waals surface area contributed by atoms with E-state index in [9.17, 15) is 0 Å². The van der Waals surface area contributed by atoms with Crippen molar-refractivity contribution in [3.05, 3.63) is 12.7 Å². The number of rotatable bonds is 1. The molecule has 0 aromatic carbocycles. The highest BCUT2D eigenvalue weighted by atomic mass is 35.5. The van der Waals surface area contributed by atoms with Crippen LogP contribution in [0.4, 0.5) is 0 Å². The molecule has 1 fully saturated rings. The summed E-state index contributed by atoms with van der Waals surface area (Å²) in [4.78, 5) is 0. The van der Waals surface area contributed by atoms with Crippen molar-refractivity contribution < 1.29 is 0 Å². The summed E-state index contributed by atoms with van der Waals surface area (Å²) in [5.41, 5.74) is -0.0177. The van der Waals surface area contributed by atoms with Crippen LogP contribution in [0.2, 0.25) is 0 Å². The normalized spacial score (nSPS) is 41.4. The summed E-state index contributed by atoms with van der Waals surface area (Å²) in [6, 6.07) is 0. The minimum Gasteiger partial charge on any atom is -0.102 e. The van der Waals surface area contributed by atoms with E-state index in [0.717, 1.165) is 6.42 Å². The second kappa shape index (κ2) is 1.43. The zero-order valence-electron chi connectivity index (χ0n) is 4.75. The van der Waals surface area contributed by atoms with Gasteiger partial charge in [0.15, 0.2) is 0 Å². The number of hydrogen-bond donors (Lipinski definition) is 0. The highest BCUT2D eigenvalue weighted by Gasteiger charge is 2.60. The standard InChI is InChI=1S/C6H8Cl2/c1-3-5(2)4-6(5,7)8/h3H,1,4H2,2H3. The SMILES string of the molecule is C=CC1(C)CC1(Cl)Cl. The van der Waals surface area contributed by atoms with Gasteiger partial charge >= 0.3 is 0 Å². The topological polar surface area (TPSA) is 0 Å². The summed E-state index contributed by atoms with van der Waals surface area (Å²) in [7, 11) is 0. The Morgan fingerprint density at radius 3 is 2.00 bits per heavy atom. The zero-order chi connectivity index (χ0) is 6.41. The van der Waals surface area contributed by atoms with Crippen LogP contribution in [0.1, 0.15) is 13.3 Å². The van der Waals surface area contributed by atoms with Gasteiger partial charge in [-0.25, -0.2) is 0 Å². The van der Waals surface area contributed by atoms with Crippen molar-refractivity contribution in [2.75, 3.05) is 0 Å². The van der Waals surface area contributed by atoms with Crippen LogP contribution in [0.15, 0.2) is 12.7 Å². The smallest absolute Gasteiger partial charge is 0.102 e. The van der Waals surface area contributed by atoms with Crippen molar-refractivity contribution in [3.8, 4) is 0 Å². The molecule has 0 amide bonds. The molecule has 1 rings (SSSR count). The molecule has 0 bridgehead atoms. The van der Waals surface area contributed by atoms with Crippen molar-refractivity contribution in [2.45, 2.75) is 17.7 Å². The lowest BCUT2D eigenvalue weighted by Crippen LogP contribution is -1.98. The van der Waals surface area contributed by atoms with Crippen molar-refractivity contribution in [1.82, 2.24) is 0 Å². The number of allylic oxidation sites excluding steroid dienone is 1. The van der Waals surface area contributed by atoms with E-state index in [-0.39, 0.29) is 5.41 Å². The van der Waals surface area contributed by atoms with E-state index < -0.39 is 4.33 Å². The molecule has 0 heterocycles. The van der Waals surface area contributed by atoms with Crippen molar-refractivity contribution in [3.63, 3.8) is 0 Å². The van der Waals surface area contributed by atoms with E-state index >= 15 is 0 Å². The Kier molecular flexibility index (Phi) is 1.15. The van der Waals surface area contributed by atoms with Gasteiger partial charge in [-0.15, -0.1) is 29.8 Å². The first-order valence-electron chi connectivity index (χ1n) is 2.53. The Bertz CT molecular complexity index is 128. The predicted octanol–water partition coefficient (Wildman–Crippen LogP) is 2.76. The summed E-state index contributed by atoms with van der Waals surface area (Å²) in [5, 5.41) is 0. The van der Waals surface area contributed by atoms with Gasteiger partial charge in [-0.05, 0) is 6.42 Å². The molecule has 0 aliphatic heterocycles. The maximum Gasteiger partial charge on any atom is 0.128 e. The highest BCUT2D eigenvalue weighted by molar-refractivity contribution is 6.51. The lowest BCUT2D eigenvalue weighted by Gasteiger charge is -2.01. The Hall–Kier alpha value is 0.320. The fourth-order valence-electron chi connectivity index (χ4n) is 0.639. The maximum atomic E-state index is 5.74. The van der Waals surface area contributed by atoms with Crippen LogP contribution >= 0.6 is 23.2 Å². The highest BCUT2D eigenvalue weighted by Crippen LogP contribution is 2.64. The summed E-state index contributed by atoms with van der Waals surface area (Å²) in [6.07, 6.45) is 2.65. The summed E-state index contributed by atoms with van der Waals surface area (Å²) >= 11 is 11.5. The largest absolute Gasteiger partial charge is 0.128 e. The van der Waals surface area contributed by atoms with Crippen LogP contribution in [0.3, 0.4) is 0 Å². The first-order valence-corrected chi connectivity index (χ1v) is 3.29. The number of alkyl halides is 2. The number of halogens is 2. The zero-order valence-corrected chi connectivity index (χ0v) is 6.26. The lowest BCUT2D eigenvalue weighted by atomic mass is 10.1. The van der Waals surface area contributed by atoms with Crippen LogP contribution in [-0.2, 0) is 0 Å². The van der Waals surface area contributed by atoms with Crippen LogP contribution in [-0.4, -0.2) is 4.33 Å². The second-order valence-electron chi connectivity index (χ2n) is 2.50.